The van der Waals surface area contributed by atoms with Crippen LogP contribution in [0.5, 0.6) is 0 Å². The van der Waals surface area contributed by atoms with Crippen LogP contribution in [0, 0.1) is 5.92 Å². The van der Waals surface area contributed by atoms with E-state index in [0.29, 0.717) is 16.7 Å². The number of carbonyl (C=O) groups excluding carboxylic acids is 1. The van der Waals surface area contributed by atoms with Gasteiger partial charge in [0.15, 0.2) is 0 Å². The lowest BCUT2D eigenvalue weighted by atomic mass is 9.85. The van der Waals surface area contributed by atoms with Crippen molar-refractivity contribution in [3.05, 3.63) is 65.4 Å². The monoisotopic (exact) mass is 413 g/mol. The van der Waals surface area contributed by atoms with Gasteiger partial charge in [-0.15, -0.1) is 11.8 Å². The standard InChI is InChI=1S/C20H20ClN5OS/c1-12-17(19(27)25-15-7-5-14(21)6-8-15)18(26-20(24-12)22-11-23-26)13-3-9-16(28-2)10-4-13/h3-12,17-18H,1-2H3,(H,25,27)(H,22,23,24)/t12-,17-,18-/m0/s1. The van der Waals surface area contributed by atoms with Crippen LogP contribution in [0.3, 0.4) is 0 Å². The molecule has 144 valence electrons. The van der Waals surface area contributed by atoms with Gasteiger partial charge in [-0.2, -0.15) is 10.1 Å². The molecule has 1 aliphatic heterocycles. The van der Waals surface area contributed by atoms with Crippen molar-refractivity contribution in [3.8, 4) is 0 Å². The number of nitrogens with zero attached hydrogens (tertiary/aromatic N) is 3. The molecule has 6 nitrogen and oxygen atoms in total. The van der Waals surface area contributed by atoms with Crippen molar-refractivity contribution < 1.29 is 4.79 Å². The average Bonchev–Trinajstić information content (AvgIpc) is 3.16. The molecule has 0 saturated heterocycles. The van der Waals surface area contributed by atoms with Crippen molar-refractivity contribution in [1.29, 1.82) is 0 Å². The summed E-state index contributed by atoms with van der Waals surface area (Å²) in [6.45, 7) is 1.99. The van der Waals surface area contributed by atoms with Crippen molar-refractivity contribution in [2.75, 3.05) is 16.9 Å². The van der Waals surface area contributed by atoms with E-state index in [0.717, 1.165) is 5.56 Å². The van der Waals surface area contributed by atoms with Crippen molar-refractivity contribution in [3.63, 3.8) is 0 Å². The minimum absolute atomic E-state index is 0.0811. The Kier molecular flexibility index (Phi) is 5.28. The average molecular weight is 414 g/mol. The largest absolute Gasteiger partial charge is 0.351 e. The molecule has 1 aliphatic rings. The Labute approximate surface area is 172 Å². The van der Waals surface area contributed by atoms with Crippen molar-refractivity contribution in [2.24, 2.45) is 5.92 Å². The van der Waals surface area contributed by atoms with E-state index in [1.807, 2.05) is 13.2 Å². The van der Waals surface area contributed by atoms with Crippen molar-refractivity contribution in [1.82, 2.24) is 14.8 Å². The van der Waals surface area contributed by atoms with Crippen molar-refractivity contribution in [2.45, 2.75) is 23.9 Å². The molecular formula is C20H20ClN5OS. The van der Waals surface area contributed by atoms with Crippen molar-refractivity contribution >= 4 is 40.9 Å². The van der Waals surface area contributed by atoms with Crippen LogP contribution in [0.2, 0.25) is 5.02 Å². The van der Waals surface area contributed by atoms with Gasteiger partial charge in [-0.3, -0.25) is 4.79 Å². The third kappa shape index (κ3) is 3.59. The third-order valence-corrected chi connectivity index (χ3v) is 5.94. The molecule has 0 radical (unpaired) electrons. The van der Waals surface area contributed by atoms with Gasteiger partial charge in [0.1, 0.15) is 6.33 Å². The highest BCUT2D eigenvalue weighted by molar-refractivity contribution is 7.98. The molecule has 28 heavy (non-hydrogen) atoms. The molecule has 3 atom stereocenters. The second-order valence-electron chi connectivity index (χ2n) is 6.70. The maximum Gasteiger partial charge on any atom is 0.232 e. The van der Waals surface area contributed by atoms with Crippen LogP contribution in [0.25, 0.3) is 0 Å². The van der Waals surface area contributed by atoms with E-state index in [2.05, 4.69) is 45.0 Å². The fourth-order valence-corrected chi connectivity index (χ4v) is 4.09. The molecule has 0 saturated carbocycles. The maximum absolute atomic E-state index is 13.3. The van der Waals surface area contributed by atoms with E-state index in [1.54, 1.807) is 40.7 Å². The number of hydrogen-bond donors (Lipinski definition) is 2. The number of benzene rings is 2. The lowest BCUT2D eigenvalue weighted by molar-refractivity contribution is -0.121. The van der Waals surface area contributed by atoms with Gasteiger partial charge in [0.25, 0.3) is 0 Å². The van der Waals surface area contributed by atoms with Crippen LogP contribution in [-0.4, -0.2) is 33.0 Å². The second-order valence-corrected chi connectivity index (χ2v) is 8.02. The minimum Gasteiger partial charge on any atom is -0.351 e. The summed E-state index contributed by atoms with van der Waals surface area (Å²) in [5, 5.41) is 11.3. The zero-order chi connectivity index (χ0) is 19.7. The molecule has 0 bridgehead atoms. The van der Waals surface area contributed by atoms with Gasteiger partial charge in [-0.1, -0.05) is 23.7 Å². The summed E-state index contributed by atoms with van der Waals surface area (Å²) in [5.74, 6) is 0.217. The van der Waals surface area contributed by atoms with Gasteiger partial charge in [-0.05, 0) is 55.1 Å². The summed E-state index contributed by atoms with van der Waals surface area (Å²) in [7, 11) is 0. The molecule has 4 rings (SSSR count). The molecule has 0 unspecified atom stereocenters. The number of aromatic nitrogens is 3. The number of thioether (sulfide) groups is 1. The molecule has 3 aromatic rings. The second kappa shape index (κ2) is 7.85. The van der Waals surface area contributed by atoms with E-state index in [4.69, 9.17) is 11.6 Å². The van der Waals surface area contributed by atoms with Crippen LogP contribution >= 0.6 is 23.4 Å². The zero-order valence-corrected chi connectivity index (χ0v) is 17.0. The number of rotatable bonds is 4. The third-order valence-electron chi connectivity index (χ3n) is 4.94. The van der Waals surface area contributed by atoms with E-state index in [-0.39, 0.29) is 23.9 Å². The maximum atomic E-state index is 13.3. The molecule has 8 heteroatoms. The summed E-state index contributed by atoms with van der Waals surface area (Å²) in [4.78, 5) is 18.7. The topological polar surface area (TPSA) is 71.8 Å². The fraction of sp³-hybridized carbons (Fsp3) is 0.250. The van der Waals surface area contributed by atoms with Crippen LogP contribution in [0.4, 0.5) is 11.6 Å². The Morgan fingerprint density at radius 2 is 1.89 bits per heavy atom. The number of amides is 1. The summed E-state index contributed by atoms with van der Waals surface area (Å²) in [6.07, 6.45) is 3.55. The molecule has 0 aliphatic carbocycles. The fourth-order valence-electron chi connectivity index (χ4n) is 3.55. The highest BCUT2D eigenvalue weighted by Crippen LogP contribution is 2.37. The van der Waals surface area contributed by atoms with Gasteiger partial charge >= 0.3 is 0 Å². The normalized spacial score (nSPS) is 20.9. The van der Waals surface area contributed by atoms with Gasteiger partial charge in [0.2, 0.25) is 11.9 Å². The first-order valence-electron chi connectivity index (χ1n) is 8.93. The number of nitrogens with one attached hydrogen (secondary N) is 2. The van der Waals surface area contributed by atoms with Gasteiger partial charge in [0.05, 0.1) is 12.0 Å². The lowest BCUT2D eigenvalue weighted by Crippen LogP contribution is -2.46. The Balaban J connectivity index is 1.70. The highest BCUT2D eigenvalue weighted by Gasteiger charge is 2.41. The van der Waals surface area contributed by atoms with E-state index in [1.165, 1.54) is 11.2 Å². The van der Waals surface area contributed by atoms with Gasteiger partial charge in [-0.25, -0.2) is 4.68 Å². The summed E-state index contributed by atoms with van der Waals surface area (Å²) < 4.78 is 1.79. The molecule has 1 amide bonds. The molecule has 2 heterocycles. The van der Waals surface area contributed by atoms with E-state index >= 15 is 0 Å². The summed E-state index contributed by atoms with van der Waals surface area (Å²) in [6, 6.07) is 15.0. The Hall–Kier alpha value is -2.51. The molecule has 2 N–H and O–H groups in total. The smallest absolute Gasteiger partial charge is 0.232 e. The summed E-state index contributed by atoms with van der Waals surface area (Å²) >= 11 is 7.63. The van der Waals surface area contributed by atoms with Gasteiger partial charge < -0.3 is 10.6 Å². The Morgan fingerprint density at radius 3 is 2.57 bits per heavy atom. The van der Waals surface area contributed by atoms with E-state index < -0.39 is 0 Å². The number of fused-ring (bicyclic) bond motifs is 1. The quantitative estimate of drug-likeness (QED) is 0.623. The highest BCUT2D eigenvalue weighted by atomic mass is 35.5. The summed E-state index contributed by atoms with van der Waals surface area (Å²) in [5.41, 5.74) is 1.73. The van der Waals surface area contributed by atoms with Gasteiger partial charge in [0, 0.05) is 21.6 Å². The van der Waals surface area contributed by atoms with Crippen LogP contribution in [0.1, 0.15) is 18.5 Å². The molecule has 0 spiro atoms. The predicted molar refractivity (Wildman–Crippen MR) is 113 cm³/mol. The molecule has 2 aromatic carbocycles. The number of anilines is 2. The first-order chi connectivity index (χ1) is 13.6. The van der Waals surface area contributed by atoms with Crippen LogP contribution in [-0.2, 0) is 4.79 Å². The number of halogens is 1. The number of carbonyl (C=O) groups is 1. The molecule has 1 aromatic heterocycles. The first kappa shape index (κ1) is 18.8. The van der Waals surface area contributed by atoms with E-state index in [9.17, 15) is 4.79 Å². The minimum atomic E-state index is -0.370. The Bertz CT molecular complexity index is 973. The lowest BCUT2D eigenvalue weighted by Gasteiger charge is -2.36. The first-order valence-corrected chi connectivity index (χ1v) is 10.5. The molecular weight excluding hydrogens is 394 g/mol. The SMILES string of the molecule is CSc1ccc([C@H]2[C@@H](C(=O)Nc3ccc(Cl)cc3)[C@H](C)Nc3ncnn32)cc1. The predicted octanol–water partition coefficient (Wildman–Crippen LogP) is 4.31. The van der Waals surface area contributed by atoms with Crippen LogP contribution < -0.4 is 10.6 Å². The zero-order valence-electron chi connectivity index (χ0n) is 15.5. The van der Waals surface area contributed by atoms with Crippen LogP contribution in [0.15, 0.2) is 59.8 Å². The number of hydrogen-bond acceptors (Lipinski definition) is 5. The Morgan fingerprint density at radius 1 is 1.18 bits per heavy atom. The molecule has 0 fully saturated rings.